The van der Waals surface area contributed by atoms with Gasteiger partial charge in [0.2, 0.25) is 0 Å². The van der Waals surface area contributed by atoms with Gasteiger partial charge in [0.1, 0.15) is 5.75 Å². The van der Waals surface area contributed by atoms with Crippen molar-refractivity contribution in [2.45, 2.75) is 26.4 Å². The molecule has 0 radical (unpaired) electrons. The van der Waals surface area contributed by atoms with E-state index in [0.29, 0.717) is 6.61 Å². The average Bonchev–Trinajstić information content (AvgIpc) is 2.78. The lowest BCUT2D eigenvalue weighted by Crippen LogP contribution is -2.33. The Kier molecular flexibility index (Phi) is 4.27. The van der Waals surface area contributed by atoms with Crippen molar-refractivity contribution < 1.29 is 9.47 Å². The molecule has 0 saturated heterocycles. The first-order valence-corrected chi connectivity index (χ1v) is 7.18. The van der Waals surface area contributed by atoms with Gasteiger partial charge in [-0.05, 0) is 39.0 Å². The van der Waals surface area contributed by atoms with Crippen LogP contribution in [0, 0.1) is 0 Å². The van der Waals surface area contributed by atoms with Crippen molar-refractivity contribution in [2.75, 3.05) is 25.6 Å². The molecule has 19 heavy (non-hydrogen) atoms. The summed E-state index contributed by atoms with van der Waals surface area (Å²) in [6, 6.07) is 5.91. The third-order valence-corrected chi connectivity index (χ3v) is 3.77. The first-order chi connectivity index (χ1) is 9.04. The van der Waals surface area contributed by atoms with E-state index in [2.05, 4.69) is 24.1 Å². The minimum atomic E-state index is -0.190. The molecule has 0 aliphatic heterocycles. The van der Waals surface area contributed by atoms with E-state index < -0.39 is 0 Å². The van der Waals surface area contributed by atoms with Crippen LogP contribution in [-0.4, -0.2) is 30.8 Å². The van der Waals surface area contributed by atoms with Gasteiger partial charge in [-0.3, -0.25) is 0 Å². The highest BCUT2D eigenvalue weighted by molar-refractivity contribution is 7.22. The topological polar surface area (TPSA) is 43.4 Å². The number of aromatic nitrogens is 1. The Hall–Kier alpha value is -1.33. The molecule has 0 spiro atoms. The monoisotopic (exact) mass is 280 g/mol. The Morgan fingerprint density at radius 3 is 2.84 bits per heavy atom. The lowest BCUT2D eigenvalue weighted by Gasteiger charge is -2.24. The summed E-state index contributed by atoms with van der Waals surface area (Å²) in [7, 11) is 1.67. The summed E-state index contributed by atoms with van der Waals surface area (Å²) in [5.41, 5.74) is 0.798. The number of hydrogen-bond donors (Lipinski definition) is 1. The van der Waals surface area contributed by atoms with E-state index in [1.165, 1.54) is 0 Å². The highest BCUT2D eigenvalue weighted by atomic mass is 32.1. The summed E-state index contributed by atoms with van der Waals surface area (Å²) < 4.78 is 12.0. The van der Waals surface area contributed by atoms with Crippen LogP contribution in [0.3, 0.4) is 0 Å². The van der Waals surface area contributed by atoms with Crippen LogP contribution in [0.15, 0.2) is 18.2 Å². The molecule has 0 unspecified atom stereocenters. The molecule has 0 aliphatic rings. The zero-order chi connectivity index (χ0) is 13.9. The number of benzene rings is 1. The molecule has 1 N–H and O–H groups in total. The highest BCUT2D eigenvalue weighted by Gasteiger charge is 2.18. The predicted molar refractivity (Wildman–Crippen MR) is 80.4 cm³/mol. The van der Waals surface area contributed by atoms with Crippen LogP contribution in [0.5, 0.6) is 5.75 Å². The van der Waals surface area contributed by atoms with Crippen LogP contribution in [0.25, 0.3) is 10.2 Å². The summed E-state index contributed by atoms with van der Waals surface area (Å²) in [5, 5.41) is 4.25. The summed E-state index contributed by atoms with van der Waals surface area (Å²) in [5.74, 6) is 0.859. The number of rotatable bonds is 6. The third-order valence-electron chi connectivity index (χ3n) is 2.80. The van der Waals surface area contributed by atoms with E-state index >= 15 is 0 Å². The fraction of sp³-hybridized carbons (Fsp3) is 0.500. The second-order valence-corrected chi connectivity index (χ2v) is 5.93. The van der Waals surface area contributed by atoms with Crippen LogP contribution in [0.1, 0.15) is 20.8 Å². The van der Waals surface area contributed by atoms with E-state index in [9.17, 15) is 0 Å². The molecular weight excluding hydrogens is 260 g/mol. The van der Waals surface area contributed by atoms with Crippen LogP contribution < -0.4 is 10.1 Å². The van der Waals surface area contributed by atoms with Gasteiger partial charge >= 0.3 is 0 Å². The summed E-state index contributed by atoms with van der Waals surface area (Å²) >= 11 is 1.63. The van der Waals surface area contributed by atoms with Gasteiger partial charge < -0.3 is 14.8 Å². The molecule has 0 aliphatic carbocycles. The third kappa shape index (κ3) is 3.58. The quantitative estimate of drug-likeness (QED) is 0.879. The number of nitrogens with one attached hydrogen (secondary N) is 1. The van der Waals surface area contributed by atoms with E-state index in [1.807, 2.05) is 25.1 Å². The zero-order valence-electron chi connectivity index (χ0n) is 11.8. The molecule has 5 heteroatoms. The number of methoxy groups -OCH3 is 1. The minimum Gasteiger partial charge on any atom is -0.497 e. The Morgan fingerprint density at radius 1 is 1.37 bits per heavy atom. The van der Waals surface area contributed by atoms with Crippen LogP contribution in [0.4, 0.5) is 5.13 Å². The fourth-order valence-electron chi connectivity index (χ4n) is 1.84. The van der Waals surface area contributed by atoms with Gasteiger partial charge in [0.15, 0.2) is 5.13 Å². The Balaban J connectivity index is 2.09. The largest absolute Gasteiger partial charge is 0.497 e. The number of hydrogen-bond acceptors (Lipinski definition) is 5. The molecule has 1 heterocycles. The van der Waals surface area contributed by atoms with Crippen LogP contribution in [0.2, 0.25) is 0 Å². The lowest BCUT2D eigenvalue weighted by atomic mass is 10.1. The minimum absolute atomic E-state index is 0.190. The molecule has 4 nitrogen and oxygen atoms in total. The first kappa shape index (κ1) is 14.1. The van der Waals surface area contributed by atoms with Crippen molar-refractivity contribution in [3.8, 4) is 5.75 Å². The van der Waals surface area contributed by atoms with Crippen molar-refractivity contribution in [3.05, 3.63) is 18.2 Å². The van der Waals surface area contributed by atoms with E-state index in [1.54, 1.807) is 18.4 Å². The summed E-state index contributed by atoms with van der Waals surface area (Å²) in [6.07, 6.45) is 0. The van der Waals surface area contributed by atoms with Gasteiger partial charge in [0.05, 0.1) is 22.9 Å². The first-order valence-electron chi connectivity index (χ1n) is 6.36. The number of anilines is 1. The van der Waals surface area contributed by atoms with Crippen LogP contribution in [-0.2, 0) is 4.74 Å². The maximum Gasteiger partial charge on any atom is 0.183 e. The molecular formula is C14H20N2O2S. The molecule has 0 bridgehead atoms. The zero-order valence-corrected chi connectivity index (χ0v) is 12.6. The number of fused-ring (bicyclic) bond motifs is 1. The maximum absolute atomic E-state index is 5.66. The van der Waals surface area contributed by atoms with Gasteiger partial charge in [-0.15, -0.1) is 0 Å². The van der Waals surface area contributed by atoms with E-state index in [-0.39, 0.29) is 5.60 Å². The summed E-state index contributed by atoms with van der Waals surface area (Å²) in [4.78, 5) is 4.55. The molecule has 0 fully saturated rings. The molecule has 104 valence electrons. The molecule has 2 rings (SSSR count). The Morgan fingerprint density at radius 2 is 2.16 bits per heavy atom. The number of ether oxygens (including phenoxy) is 2. The molecule has 1 aromatic carbocycles. The second-order valence-electron chi connectivity index (χ2n) is 4.90. The van der Waals surface area contributed by atoms with Gasteiger partial charge in [-0.2, -0.15) is 0 Å². The molecule has 1 aromatic heterocycles. The SMILES string of the molecule is CCOC(C)(C)CNc1nc2ccc(OC)cc2s1. The Bertz CT molecular complexity index is 551. The van der Waals surface area contributed by atoms with Crippen molar-refractivity contribution in [1.82, 2.24) is 4.98 Å². The van der Waals surface area contributed by atoms with Gasteiger partial charge in [0, 0.05) is 13.2 Å². The van der Waals surface area contributed by atoms with Crippen molar-refractivity contribution in [2.24, 2.45) is 0 Å². The maximum atomic E-state index is 5.66. The van der Waals surface area contributed by atoms with Gasteiger partial charge in [-0.25, -0.2) is 4.98 Å². The molecule has 0 saturated carbocycles. The summed E-state index contributed by atoms with van der Waals surface area (Å²) in [6.45, 7) is 7.59. The van der Waals surface area contributed by atoms with Crippen molar-refractivity contribution >= 4 is 26.7 Å². The second kappa shape index (κ2) is 5.75. The van der Waals surface area contributed by atoms with Gasteiger partial charge in [0.25, 0.3) is 0 Å². The Labute approximate surface area is 117 Å². The van der Waals surface area contributed by atoms with Crippen molar-refractivity contribution in [3.63, 3.8) is 0 Å². The van der Waals surface area contributed by atoms with Crippen molar-refractivity contribution in [1.29, 1.82) is 0 Å². The number of nitrogens with zero attached hydrogens (tertiary/aromatic N) is 1. The molecule has 0 atom stereocenters. The highest BCUT2D eigenvalue weighted by Crippen LogP contribution is 2.29. The lowest BCUT2D eigenvalue weighted by molar-refractivity contribution is 0.000698. The fourth-order valence-corrected chi connectivity index (χ4v) is 2.73. The smallest absolute Gasteiger partial charge is 0.183 e. The average molecular weight is 280 g/mol. The van der Waals surface area contributed by atoms with E-state index in [0.717, 1.165) is 27.6 Å². The predicted octanol–water partition coefficient (Wildman–Crippen LogP) is 3.53. The normalized spacial score (nSPS) is 11.8. The molecule has 0 amide bonds. The molecule has 2 aromatic rings. The standard InChI is InChI=1S/C14H20N2O2S/c1-5-18-14(2,3)9-15-13-16-11-7-6-10(17-4)8-12(11)19-13/h6-8H,5,9H2,1-4H3,(H,15,16). The van der Waals surface area contributed by atoms with Crippen LogP contribution >= 0.6 is 11.3 Å². The number of thiazole rings is 1. The van der Waals surface area contributed by atoms with Gasteiger partial charge in [-0.1, -0.05) is 11.3 Å². The van der Waals surface area contributed by atoms with E-state index in [4.69, 9.17) is 9.47 Å².